The molecule has 0 bridgehead atoms. The van der Waals surface area contributed by atoms with Gasteiger partial charge in [-0.2, -0.15) is 5.10 Å². The first-order chi connectivity index (χ1) is 11.2. The van der Waals surface area contributed by atoms with E-state index in [1.54, 1.807) is 18.0 Å². The number of aryl methyl sites for hydroxylation is 1. The number of nitrogens with one attached hydrogen (secondary N) is 1. The van der Waals surface area contributed by atoms with Crippen molar-refractivity contribution in [3.63, 3.8) is 0 Å². The number of rotatable bonds is 5. The monoisotopic (exact) mass is 318 g/mol. The largest absolute Gasteiger partial charge is 0.383 e. The molecule has 124 valence electrons. The number of methoxy groups -OCH3 is 1. The Labute approximate surface area is 134 Å². The standard InChI is InChI=1S/C15H22N6O2/c1-20-13-11(10-17-20)14(21-7-4-3-5-8-21)19-12(18-13)15(22)16-6-9-23-2/h10H,3-9H2,1-2H3,(H,16,22). The van der Waals surface area contributed by atoms with Crippen molar-refractivity contribution in [2.24, 2.45) is 7.05 Å². The summed E-state index contributed by atoms with van der Waals surface area (Å²) < 4.78 is 6.62. The van der Waals surface area contributed by atoms with Gasteiger partial charge in [0.2, 0.25) is 5.82 Å². The Morgan fingerprint density at radius 1 is 1.30 bits per heavy atom. The van der Waals surface area contributed by atoms with Gasteiger partial charge in [0.15, 0.2) is 5.65 Å². The van der Waals surface area contributed by atoms with Crippen LogP contribution in [0.2, 0.25) is 0 Å². The first-order valence-electron chi connectivity index (χ1n) is 7.92. The third kappa shape index (κ3) is 3.26. The van der Waals surface area contributed by atoms with Crippen molar-refractivity contribution in [3.8, 4) is 0 Å². The maximum absolute atomic E-state index is 12.3. The molecule has 1 aliphatic rings. The number of anilines is 1. The zero-order valence-corrected chi connectivity index (χ0v) is 13.6. The number of amides is 1. The van der Waals surface area contributed by atoms with Gasteiger partial charge in [-0.25, -0.2) is 9.97 Å². The minimum absolute atomic E-state index is 0.178. The smallest absolute Gasteiger partial charge is 0.289 e. The lowest BCUT2D eigenvalue weighted by atomic mass is 10.1. The van der Waals surface area contributed by atoms with Crippen LogP contribution in [0.15, 0.2) is 6.20 Å². The first kappa shape index (κ1) is 15.7. The van der Waals surface area contributed by atoms with Crippen molar-refractivity contribution in [2.75, 3.05) is 38.3 Å². The maximum Gasteiger partial charge on any atom is 0.289 e. The number of carbonyl (C=O) groups is 1. The highest BCUT2D eigenvalue weighted by molar-refractivity contribution is 5.95. The fraction of sp³-hybridized carbons (Fsp3) is 0.600. The van der Waals surface area contributed by atoms with E-state index >= 15 is 0 Å². The van der Waals surface area contributed by atoms with Gasteiger partial charge < -0.3 is 15.0 Å². The molecule has 1 saturated heterocycles. The van der Waals surface area contributed by atoms with E-state index in [1.807, 2.05) is 7.05 Å². The number of piperidine rings is 1. The van der Waals surface area contributed by atoms with Crippen LogP contribution < -0.4 is 10.2 Å². The molecule has 0 spiro atoms. The Kier molecular flexibility index (Phi) is 4.71. The minimum Gasteiger partial charge on any atom is -0.383 e. The van der Waals surface area contributed by atoms with E-state index in [2.05, 4.69) is 25.3 Å². The molecule has 2 aromatic heterocycles. The number of ether oxygens (including phenoxy) is 1. The third-order valence-corrected chi connectivity index (χ3v) is 4.02. The molecule has 0 aromatic carbocycles. The Hall–Kier alpha value is -2.22. The summed E-state index contributed by atoms with van der Waals surface area (Å²) in [7, 11) is 3.42. The molecule has 3 heterocycles. The van der Waals surface area contributed by atoms with Crippen molar-refractivity contribution in [3.05, 3.63) is 12.0 Å². The lowest BCUT2D eigenvalue weighted by Crippen LogP contribution is -2.32. The lowest BCUT2D eigenvalue weighted by Gasteiger charge is -2.28. The van der Waals surface area contributed by atoms with E-state index in [1.165, 1.54) is 6.42 Å². The molecule has 1 amide bonds. The molecule has 2 aromatic rings. The molecule has 8 heteroatoms. The fourth-order valence-electron chi connectivity index (χ4n) is 2.80. The van der Waals surface area contributed by atoms with E-state index in [0.29, 0.717) is 18.8 Å². The van der Waals surface area contributed by atoms with Gasteiger partial charge in [-0.15, -0.1) is 0 Å². The number of aromatic nitrogens is 4. The molecule has 0 unspecified atom stereocenters. The average Bonchev–Trinajstić information content (AvgIpc) is 2.96. The number of hydrogen-bond acceptors (Lipinski definition) is 6. The van der Waals surface area contributed by atoms with Crippen LogP contribution in [0.25, 0.3) is 11.0 Å². The number of nitrogens with zero attached hydrogens (tertiary/aromatic N) is 5. The van der Waals surface area contributed by atoms with Gasteiger partial charge in [-0.1, -0.05) is 0 Å². The van der Waals surface area contributed by atoms with Gasteiger partial charge in [-0.3, -0.25) is 9.48 Å². The Morgan fingerprint density at radius 3 is 2.83 bits per heavy atom. The summed E-state index contributed by atoms with van der Waals surface area (Å²) in [4.78, 5) is 23.4. The summed E-state index contributed by atoms with van der Waals surface area (Å²) in [5.41, 5.74) is 0.678. The summed E-state index contributed by atoms with van der Waals surface area (Å²) in [5, 5.41) is 7.92. The van der Waals surface area contributed by atoms with Crippen LogP contribution in [0.4, 0.5) is 5.82 Å². The van der Waals surface area contributed by atoms with E-state index in [0.717, 1.165) is 37.1 Å². The second-order valence-electron chi connectivity index (χ2n) is 5.67. The van der Waals surface area contributed by atoms with Gasteiger partial charge in [-0.05, 0) is 19.3 Å². The Bertz CT molecular complexity index is 693. The zero-order chi connectivity index (χ0) is 16.2. The molecular weight excluding hydrogens is 296 g/mol. The molecule has 8 nitrogen and oxygen atoms in total. The number of carbonyl (C=O) groups excluding carboxylic acids is 1. The molecule has 1 N–H and O–H groups in total. The molecule has 0 atom stereocenters. The third-order valence-electron chi connectivity index (χ3n) is 4.02. The summed E-state index contributed by atoms with van der Waals surface area (Å²) in [6.45, 7) is 2.79. The Balaban J connectivity index is 1.95. The molecule has 3 rings (SSSR count). The van der Waals surface area contributed by atoms with Gasteiger partial charge in [0.1, 0.15) is 5.82 Å². The second-order valence-corrected chi connectivity index (χ2v) is 5.67. The van der Waals surface area contributed by atoms with Crippen LogP contribution >= 0.6 is 0 Å². The van der Waals surface area contributed by atoms with Crippen molar-refractivity contribution in [1.82, 2.24) is 25.1 Å². The lowest BCUT2D eigenvalue weighted by molar-refractivity contribution is 0.0927. The minimum atomic E-state index is -0.289. The first-order valence-corrected chi connectivity index (χ1v) is 7.92. The molecule has 1 fully saturated rings. The van der Waals surface area contributed by atoms with Gasteiger partial charge in [0.25, 0.3) is 5.91 Å². The number of hydrogen-bond donors (Lipinski definition) is 1. The molecule has 0 aliphatic carbocycles. The fourth-order valence-corrected chi connectivity index (χ4v) is 2.80. The average molecular weight is 318 g/mol. The van der Waals surface area contributed by atoms with Gasteiger partial charge in [0, 0.05) is 33.8 Å². The maximum atomic E-state index is 12.3. The zero-order valence-electron chi connectivity index (χ0n) is 13.6. The van der Waals surface area contributed by atoms with Crippen LogP contribution in [-0.2, 0) is 11.8 Å². The highest BCUT2D eigenvalue weighted by Gasteiger charge is 2.21. The SMILES string of the molecule is COCCNC(=O)c1nc(N2CCCCC2)c2cnn(C)c2n1. The Morgan fingerprint density at radius 2 is 2.09 bits per heavy atom. The van der Waals surface area contributed by atoms with Crippen molar-refractivity contribution >= 4 is 22.8 Å². The van der Waals surface area contributed by atoms with Crippen LogP contribution in [0.1, 0.15) is 29.9 Å². The highest BCUT2D eigenvalue weighted by atomic mass is 16.5. The van der Waals surface area contributed by atoms with E-state index in [-0.39, 0.29) is 11.7 Å². The van der Waals surface area contributed by atoms with Crippen molar-refractivity contribution < 1.29 is 9.53 Å². The van der Waals surface area contributed by atoms with Crippen molar-refractivity contribution in [2.45, 2.75) is 19.3 Å². The van der Waals surface area contributed by atoms with E-state index < -0.39 is 0 Å². The molecule has 0 radical (unpaired) electrons. The predicted octanol–water partition coefficient (Wildman–Crippen LogP) is 0.730. The van der Waals surface area contributed by atoms with Crippen molar-refractivity contribution in [1.29, 1.82) is 0 Å². The predicted molar refractivity (Wildman–Crippen MR) is 86.6 cm³/mol. The topological polar surface area (TPSA) is 85.2 Å². The summed E-state index contributed by atoms with van der Waals surface area (Å²) in [5.74, 6) is 0.695. The molecular formula is C15H22N6O2. The van der Waals surface area contributed by atoms with Crippen LogP contribution in [-0.4, -0.2) is 59.0 Å². The van der Waals surface area contributed by atoms with Crippen LogP contribution in [0.3, 0.4) is 0 Å². The van der Waals surface area contributed by atoms with E-state index in [9.17, 15) is 4.79 Å². The number of fused-ring (bicyclic) bond motifs is 1. The summed E-state index contributed by atoms with van der Waals surface area (Å²) in [6.07, 6.45) is 5.29. The van der Waals surface area contributed by atoms with Crippen LogP contribution in [0, 0.1) is 0 Å². The molecule has 0 saturated carbocycles. The second kappa shape index (κ2) is 6.91. The normalized spacial score (nSPS) is 15.1. The van der Waals surface area contributed by atoms with Gasteiger partial charge in [0.05, 0.1) is 18.2 Å². The molecule has 1 aliphatic heterocycles. The summed E-state index contributed by atoms with van der Waals surface area (Å²) in [6, 6.07) is 0. The van der Waals surface area contributed by atoms with E-state index in [4.69, 9.17) is 4.74 Å². The quantitative estimate of drug-likeness (QED) is 0.818. The molecule has 23 heavy (non-hydrogen) atoms. The highest BCUT2D eigenvalue weighted by Crippen LogP contribution is 2.26. The summed E-state index contributed by atoms with van der Waals surface area (Å²) >= 11 is 0. The van der Waals surface area contributed by atoms with Gasteiger partial charge >= 0.3 is 0 Å². The van der Waals surface area contributed by atoms with Crippen LogP contribution in [0.5, 0.6) is 0 Å².